The lowest BCUT2D eigenvalue weighted by atomic mass is 10.1. The molecule has 0 amide bonds. The summed E-state index contributed by atoms with van der Waals surface area (Å²) in [4.78, 5) is 27.2. The Bertz CT molecular complexity index is 1140. The van der Waals surface area contributed by atoms with Gasteiger partial charge in [-0.25, -0.2) is 9.37 Å². The largest absolute Gasteiger partial charge is 0.397 e. The molecule has 0 saturated carbocycles. The number of aryl methyl sites for hydroxylation is 2. The van der Waals surface area contributed by atoms with Crippen molar-refractivity contribution in [2.75, 3.05) is 45.5 Å². The molecule has 4 N–H and O–H groups in total. The van der Waals surface area contributed by atoms with Crippen LogP contribution in [-0.2, 0) is 6.42 Å². The number of halogens is 1. The molecule has 1 aliphatic heterocycles. The van der Waals surface area contributed by atoms with Crippen LogP contribution in [0.25, 0.3) is 22.3 Å². The van der Waals surface area contributed by atoms with E-state index in [1.165, 1.54) is 44.7 Å². The molecule has 1 aromatic carbocycles. The van der Waals surface area contributed by atoms with E-state index >= 15 is 0 Å². The first kappa shape index (κ1) is 23.7. The molecule has 3 aromatic rings. The molecule has 0 atom stereocenters. The van der Waals surface area contributed by atoms with Gasteiger partial charge in [0.05, 0.1) is 22.3 Å². The quantitative estimate of drug-likeness (QED) is 0.541. The smallest absolute Gasteiger partial charge is 0.261 e. The third-order valence-corrected chi connectivity index (χ3v) is 5.78. The number of nitrogens with one attached hydrogen (secondary N) is 2. The summed E-state index contributed by atoms with van der Waals surface area (Å²) in [6.45, 7) is 13.5. The number of nitrogen functional groups attached to an aromatic ring is 1. The molecule has 4 rings (SSSR count). The number of hydrogen-bond donors (Lipinski definition) is 3. The highest BCUT2D eigenvalue weighted by atomic mass is 19.1. The summed E-state index contributed by atoms with van der Waals surface area (Å²) in [7, 11) is 2.19. The van der Waals surface area contributed by atoms with Crippen molar-refractivity contribution >= 4 is 16.6 Å². The SMILES string of the molecule is C=CCN1CCCN(C)CC1.CCc1nc(-c2c(N)c3c(F)cccc3[nH]c2=O)[nH]c1C. The Morgan fingerprint density at radius 3 is 2.72 bits per heavy atom. The number of hydrogen-bond acceptors (Lipinski definition) is 5. The average Bonchev–Trinajstić information content (AvgIpc) is 2.99. The Kier molecular flexibility index (Phi) is 7.82. The molecule has 172 valence electrons. The van der Waals surface area contributed by atoms with Gasteiger partial charge in [0.25, 0.3) is 5.56 Å². The monoisotopic (exact) mass is 440 g/mol. The number of aromatic nitrogens is 3. The van der Waals surface area contributed by atoms with Crippen LogP contribution in [0.3, 0.4) is 0 Å². The molecule has 1 fully saturated rings. The van der Waals surface area contributed by atoms with Crippen molar-refractivity contribution in [3.63, 3.8) is 0 Å². The number of aromatic amines is 2. The maximum atomic E-state index is 14.0. The van der Waals surface area contributed by atoms with Crippen molar-refractivity contribution in [2.45, 2.75) is 26.7 Å². The van der Waals surface area contributed by atoms with Crippen molar-refractivity contribution in [3.05, 3.63) is 58.4 Å². The zero-order valence-corrected chi connectivity index (χ0v) is 19.2. The van der Waals surface area contributed by atoms with Crippen LogP contribution in [0.1, 0.15) is 24.7 Å². The Labute approximate surface area is 188 Å². The lowest BCUT2D eigenvalue weighted by molar-refractivity contribution is 0.300. The summed E-state index contributed by atoms with van der Waals surface area (Å²) in [6, 6.07) is 4.45. The molecule has 7 nitrogen and oxygen atoms in total. The van der Waals surface area contributed by atoms with E-state index in [-0.39, 0.29) is 22.2 Å². The highest BCUT2D eigenvalue weighted by Crippen LogP contribution is 2.29. The van der Waals surface area contributed by atoms with Crippen LogP contribution in [0.4, 0.5) is 10.1 Å². The predicted octanol–water partition coefficient (Wildman–Crippen LogP) is 3.32. The second kappa shape index (κ2) is 10.6. The van der Waals surface area contributed by atoms with E-state index < -0.39 is 5.82 Å². The molecule has 0 spiro atoms. The number of H-pyrrole nitrogens is 2. The second-order valence-electron chi connectivity index (χ2n) is 8.16. The molecule has 8 heteroatoms. The highest BCUT2D eigenvalue weighted by Gasteiger charge is 2.18. The van der Waals surface area contributed by atoms with Gasteiger partial charge < -0.3 is 20.6 Å². The Morgan fingerprint density at radius 2 is 2.03 bits per heavy atom. The zero-order valence-electron chi connectivity index (χ0n) is 19.2. The van der Waals surface area contributed by atoms with Gasteiger partial charge in [0.15, 0.2) is 0 Å². The van der Waals surface area contributed by atoms with Gasteiger partial charge in [0, 0.05) is 25.3 Å². The molecular formula is C24H33FN6O. The van der Waals surface area contributed by atoms with E-state index in [9.17, 15) is 9.18 Å². The van der Waals surface area contributed by atoms with E-state index in [1.54, 1.807) is 6.07 Å². The van der Waals surface area contributed by atoms with Gasteiger partial charge >= 0.3 is 0 Å². The molecule has 2 aromatic heterocycles. The fourth-order valence-corrected chi connectivity index (χ4v) is 3.99. The fraction of sp³-hybridized carbons (Fsp3) is 0.417. The number of likely N-dealkylation sites (N-methyl/N-ethyl adjacent to an activating group) is 1. The minimum atomic E-state index is -0.471. The first-order chi connectivity index (χ1) is 15.3. The number of anilines is 1. The normalized spacial score (nSPS) is 15.2. The number of imidazole rings is 1. The fourth-order valence-electron chi connectivity index (χ4n) is 3.99. The molecule has 0 bridgehead atoms. The van der Waals surface area contributed by atoms with Gasteiger partial charge in [0.2, 0.25) is 0 Å². The van der Waals surface area contributed by atoms with Gasteiger partial charge in [0.1, 0.15) is 17.2 Å². The number of nitrogens with zero attached hydrogens (tertiary/aromatic N) is 3. The van der Waals surface area contributed by atoms with Gasteiger partial charge in [-0.15, -0.1) is 6.58 Å². The van der Waals surface area contributed by atoms with Gasteiger partial charge in [-0.1, -0.05) is 19.1 Å². The maximum absolute atomic E-state index is 14.0. The van der Waals surface area contributed by atoms with E-state index in [1.807, 2.05) is 19.9 Å². The molecule has 3 heterocycles. The third-order valence-electron chi connectivity index (χ3n) is 5.78. The van der Waals surface area contributed by atoms with Gasteiger partial charge in [-0.2, -0.15) is 0 Å². The zero-order chi connectivity index (χ0) is 23.3. The van der Waals surface area contributed by atoms with Crippen LogP contribution in [0.2, 0.25) is 0 Å². The minimum absolute atomic E-state index is 0.100. The Balaban J connectivity index is 0.000000222. The van der Waals surface area contributed by atoms with E-state index in [0.717, 1.165) is 24.4 Å². The van der Waals surface area contributed by atoms with Crippen molar-refractivity contribution in [2.24, 2.45) is 0 Å². The Hall–Kier alpha value is -2.97. The molecule has 32 heavy (non-hydrogen) atoms. The van der Waals surface area contributed by atoms with Crippen LogP contribution < -0.4 is 11.3 Å². The maximum Gasteiger partial charge on any atom is 0.261 e. The summed E-state index contributed by atoms with van der Waals surface area (Å²) in [5.41, 5.74) is 8.03. The first-order valence-corrected chi connectivity index (χ1v) is 11.0. The van der Waals surface area contributed by atoms with E-state index in [4.69, 9.17) is 5.73 Å². The lowest BCUT2D eigenvalue weighted by Crippen LogP contribution is -2.28. The lowest BCUT2D eigenvalue weighted by Gasteiger charge is -2.17. The van der Waals surface area contributed by atoms with Gasteiger partial charge in [-0.3, -0.25) is 9.69 Å². The summed E-state index contributed by atoms with van der Waals surface area (Å²) in [5.74, 6) is -0.102. The minimum Gasteiger partial charge on any atom is -0.397 e. The number of fused-ring (bicyclic) bond motifs is 1. The summed E-state index contributed by atoms with van der Waals surface area (Å²) < 4.78 is 14.0. The molecule has 1 aliphatic rings. The van der Waals surface area contributed by atoms with Gasteiger partial charge in [-0.05, 0) is 52.0 Å². The second-order valence-corrected chi connectivity index (χ2v) is 8.16. The van der Waals surface area contributed by atoms with Crippen LogP contribution in [0.15, 0.2) is 35.6 Å². The first-order valence-electron chi connectivity index (χ1n) is 11.0. The topological polar surface area (TPSA) is 94.0 Å². The number of nitrogens with two attached hydrogens (primary N) is 1. The van der Waals surface area contributed by atoms with Crippen molar-refractivity contribution < 1.29 is 4.39 Å². The van der Waals surface area contributed by atoms with Crippen LogP contribution in [0, 0.1) is 12.7 Å². The van der Waals surface area contributed by atoms with E-state index in [2.05, 4.69) is 38.4 Å². The Morgan fingerprint density at radius 1 is 1.25 bits per heavy atom. The number of pyridine rings is 1. The predicted molar refractivity (Wildman–Crippen MR) is 129 cm³/mol. The number of benzene rings is 1. The summed E-state index contributed by atoms with van der Waals surface area (Å²) in [5, 5.41) is 0.208. The van der Waals surface area contributed by atoms with Crippen LogP contribution in [-0.4, -0.2) is 64.5 Å². The molecule has 0 aliphatic carbocycles. The highest BCUT2D eigenvalue weighted by molar-refractivity contribution is 5.97. The van der Waals surface area contributed by atoms with Crippen molar-refractivity contribution in [1.82, 2.24) is 24.8 Å². The summed E-state index contributed by atoms with van der Waals surface area (Å²) >= 11 is 0. The van der Waals surface area contributed by atoms with Crippen molar-refractivity contribution in [1.29, 1.82) is 0 Å². The third kappa shape index (κ3) is 5.26. The number of rotatable bonds is 4. The molecule has 1 saturated heterocycles. The van der Waals surface area contributed by atoms with Crippen LogP contribution in [0.5, 0.6) is 0 Å². The summed E-state index contributed by atoms with van der Waals surface area (Å²) in [6.07, 6.45) is 4.03. The van der Waals surface area contributed by atoms with E-state index in [0.29, 0.717) is 11.3 Å². The molecule has 0 radical (unpaired) electrons. The van der Waals surface area contributed by atoms with Crippen molar-refractivity contribution in [3.8, 4) is 11.4 Å². The molecule has 0 unspecified atom stereocenters. The average molecular weight is 441 g/mol. The van der Waals surface area contributed by atoms with Crippen LogP contribution >= 0.6 is 0 Å². The standard InChI is InChI=1S/C15H15FN4O.C9H18N2/c1-3-9-7(2)18-14(19-9)12-13(17)11-8(16)5-4-6-10(11)20-15(12)21;1-3-5-11-7-4-6-10(2)8-9-11/h4-6H,3H2,1-2H3,(H,18,19)(H3,17,20,21);3H,1,4-9H2,2H3. The molecular weight excluding hydrogens is 407 g/mol.